The van der Waals surface area contributed by atoms with E-state index in [2.05, 4.69) is 20.4 Å². The molecule has 0 atom stereocenters. The maximum absolute atomic E-state index is 12.6. The van der Waals surface area contributed by atoms with Gasteiger partial charge in [0.05, 0.1) is 30.8 Å². The molecule has 0 bridgehead atoms. The summed E-state index contributed by atoms with van der Waals surface area (Å²) in [6.07, 6.45) is 1.61. The fraction of sp³-hybridized carbons (Fsp3) is 0.423. The zero-order chi connectivity index (χ0) is 26.2. The molecule has 37 heavy (non-hydrogen) atoms. The van der Waals surface area contributed by atoms with E-state index in [4.69, 9.17) is 37.2 Å². The molecule has 1 fully saturated rings. The molecule has 198 valence electrons. The van der Waals surface area contributed by atoms with E-state index >= 15 is 0 Å². The number of piperidine rings is 1. The van der Waals surface area contributed by atoms with E-state index in [1.165, 1.54) is 0 Å². The summed E-state index contributed by atoms with van der Waals surface area (Å²) in [5.74, 6) is 4.12. The average molecular weight is 566 g/mol. The Hall–Kier alpha value is -2.46. The fourth-order valence-corrected chi connectivity index (χ4v) is 5.29. The molecule has 1 N–H and O–H groups in total. The third-order valence-corrected chi connectivity index (χ3v) is 7.99. The molecule has 2 aromatic carbocycles. The van der Waals surface area contributed by atoms with Crippen molar-refractivity contribution in [1.82, 2.24) is 20.4 Å². The highest BCUT2D eigenvalue weighted by molar-refractivity contribution is 7.98. The normalized spacial score (nSPS) is 14.5. The van der Waals surface area contributed by atoms with Gasteiger partial charge in [0.25, 0.3) is 0 Å². The lowest BCUT2D eigenvalue weighted by molar-refractivity contribution is -0.126. The van der Waals surface area contributed by atoms with E-state index in [1.807, 2.05) is 36.4 Å². The Balaban J connectivity index is 1.16. The number of thioether (sulfide) groups is 1. The number of ether oxygens (including phenoxy) is 2. The lowest BCUT2D eigenvalue weighted by Crippen LogP contribution is -2.40. The first-order chi connectivity index (χ1) is 18.0. The van der Waals surface area contributed by atoms with Gasteiger partial charge < -0.3 is 19.3 Å². The molecule has 1 saturated heterocycles. The molecule has 1 aliphatic rings. The van der Waals surface area contributed by atoms with Crippen molar-refractivity contribution in [2.45, 2.75) is 25.1 Å². The number of benzene rings is 2. The highest BCUT2D eigenvalue weighted by Gasteiger charge is 2.26. The van der Waals surface area contributed by atoms with Crippen LogP contribution in [0.2, 0.25) is 10.0 Å². The Kier molecular flexibility index (Phi) is 9.96. The van der Waals surface area contributed by atoms with Gasteiger partial charge >= 0.3 is 0 Å². The largest absolute Gasteiger partial charge is 0.493 e. The van der Waals surface area contributed by atoms with Crippen LogP contribution in [0.5, 0.6) is 11.5 Å². The number of hydrogen-bond donors (Lipinski definition) is 1. The van der Waals surface area contributed by atoms with Gasteiger partial charge in [-0.15, -0.1) is 0 Å². The Morgan fingerprint density at radius 3 is 2.62 bits per heavy atom. The van der Waals surface area contributed by atoms with Crippen molar-refractivity contribution in [2.75, 3.05) is 39.6 Å². The molecule has 0 spiro atoms. The predicted octanol–water partition coefficient (Wildman–Crippen LogP) is 5.32. The summed E-state index contributed by atoms with van der Waals surface area (Å²) < 4.78 is 16.1. The molecule has 4 rings (SSSR count). The third-order valence-electron chi connectivity index (χ3n) is 6.23. The number of nitrogens with one attached hydrogen (secondary N) is 1. The van der Waals surface area contributed by atoms with Crippen LogP contribution in [0.1, 0.15) is 24.3 Å². The summed E-state index contributed by atoms with van der Waals surface area (Å²) in [6, 6.07) is 11.2. The molecule has 2 heterocycles. The van der Waals surface area contributed by atoms with E-state index in [1.54, 1.807) is 26.0 Å². The Morgan fingerprint density at radius 2 is 1.89 bits per heavy atom. The van der Waals surface area contributed by atoms with Crippen LogP contribution >= 0.6 is 35.0 Å². The van der Waals surface area contributed by atoms with Gasteiger partial charge in [-0.1, -0.05) is 34.4 Å². The van der Waals surface area contributed by atoms with Gasteiger partial charge in [0, 0.05) is 29.5 Å². The summed E-state index contributed by atoms with van der Waals surface area (Å²) in [5.41, 5.74) is 1.91. The quantitative estimate of drug-likeness (QED) is 0.313. The second-order valence-corrected chi connectivity index (χ2v) is 10.6. The van der Waals surface area contributed by atoms with Crippen LogP contribution in [0.3, 0.4) is 0 Å². The van der Waals surface area contributed by atoms with Crippen molar-refractivity contribution < 1.29 is 18.8 Å². The molecule has 1 amide bonds. The van der Waals surface area contributed by atoms with Gasteiger partial charge in [-0.2, -0.15) is 16.7 Å². The Morgan fingerprint density at radius 1 is 1.11 bits per heavy atom. The molecular formula is C26H30Cl2N4O4S. The van der Waals surface area contributed by atoms with Crippen molar-refractivity contribution in [3.63, 3.8) is 0 Å². The second-order valence-electron chi connectivity index (χ2n) is 8.72. The molecule has 1 aromatic heterocycles. The number of rotatable bonds is 11. The summed E-state index contributed by atoms with van der Waals surface area (Å²) >= 11 is 13.8. The molecule has 3 aromatic rings. The van der Waals surface area contributed by atoms with E-state index in [0.29, 0.717) is 46.3 Å². The monoisotopic (exact) mass is 564 g/mol. The van der Waals surface area contributed by atoms with Crippen LogP contribution in [-0.4, -0.2) is 60.6 Å². The van der Waals surface area contributed by atoms with Crippen LogP contribution in [0, 0.1) is 5.92 Å². The first-order valence-corrected chi connectivity index (χ1v) is 13.9. The maximum Gasteiger partial charge on any atom is 0.241 e. The van der Waals surface area contributed by atoms with Crippen LogP contribution < -0.4 is 14.8 Å². The summed E-state index contributed by atoms with van der Waals surface area (Å²) in [4.78, 5) is 19.4. The standard InChI is InChI=1S/C26H30Cl2N4O4S/c1-34-22-6-4-19(14-23(22)35-2)25-30-24(36-31-25)15-32-10-7-18(8-11-32)26(33)29-9-12-37-16-17-3-5-20(27)21(28)13-17/h3-6,13-14,18H,7-12,15-16H2,1-2H3,(H,29,33). The number of carbonyl (C=O) groups excluding carboxylic acids is 1. The Bertz CT molecular complexity index is 1200. The highest BCUT2D eigenvalue weighted by Crippen LogP contribution is 2.31. The van der Waals surface area contributed by atoms with Crippen molar-refractivity contribution in [3.05, 3.63) is 57.9 Å². The number of aromatic nitrogens is 2. The summed E-state index contributed by atoms with van der Waals surface area (Å²) in [5, 5.41) is 8.32. The number of nitrogens with zero attached hydrogens (tertiary/aromatic N) is 3. The number of likely N-dealkylation sites (tertiary alicyclic amines) is 1. The first kappa shape index (κ1) is 27.6. The molecule has 0 aliphatic carbocycles. The topological polar surface area (TPSA) is 89.7 Å². The van der Waals surface area contributed by atoms with Crippen molar-refractivity contribution in [3.8, 4) is 22.9 Å². The third kappa shape index (κ3) is 7.54. The maximum atomic E-state index is 12.6. The van der Waals surface area contributed by atoms with E-state index in [0.717, 1.165) is 48.6 Å². The fourth-order valence-electron chi connectivity index (χ4n) is 4.17. The molecule has 8 nitrogen and oxygen atoms in total. The number of carbonyl (C=O) groups is 1. The second kappa shape index (κ2) is 13.4. The van der Waals surface area contributed by atoms with Crippen LogP contribution in [0.4, 0.5) is 0 Å². The SMILES string of the molecule is COc1ccc(-c2noc(CN3CCC(C(=O)NCCSCc4ccc(Cl)c(Cl)c4)CC3)n2)cc1OC. The van der Waals surface area contributed by atoms with Gasteiger partial charge in [0.15, 0.2) is 11.5 Å². The van der Waals surface area contributed by atoms with Gasteiger partial charge in [0.2, 0.25) is 17.6 Å². The van der Waals surface area contributed by atoms with Crippen LogP contribution in [0.15, 0.2) is 40.9 Å². The Labute approximate surface area is 231 Å². The van der Waals surface area contributed by atoms with Gasteiger partial charge in [0.1, 0.15) is 0 Å². The van der Waals surface area contributed by atoms with E-state index < -0.39 is 0 Å². The highest BCUT2D eigenvalue weighted by atomic mass is 35.5. The van der Waals surface area contributed by atoms with Crippen LogP contribution in [-0.2, 0) is 17.1 Å². The van der Waals surface area contributed by atoms with Gasteiger partial charge in [-0.25, -0.2) is 0 Å². The van der Waals surface area contributed by atoms with Crippen molar-refractivity contribution in [2.24, 2.45) is 5.92 Å². The molecule has 1 aliphatic heterocycles. The number of amides is 1. The molecule has 0 saturated carbocycles. The van der Waals surface area contributed by atoms with Crippen molar-refractivity contribution in [1.29, 1.82) is 0 Å². The molecule has 0 radical (unpaired) electrons. The minimum atomic E-state index is 0.0290. The minimum Gasteiger partial charge on any atom is -0.493 e. The van der Waals surface area contributed by atoms with E-state index in [9.17, 15) is 4.79 Å². The zero-order valence-corrected chi connectivity index (χ0v) is 23.2. The molecule has 11 heteroatoms. The molecule has 0 unspecified atom stereocenters. The first-order valence-electron chi connectivity index (χ1n) is 12.0. The predicted molar refractivity (Wildman–Crippen MR) is 146 cm³/mol. The lowest BCUT2D eigenvalue weighted by Gasteiger charge is -2.30. The number of hydrogen-bond acceptors (Lipinski definition) is 8. The van der Waals surface area contributed by atoms with Gasteiger partial charge in [-0.3, -0.25) is 9.69 Å². The van der Waals surface area contributed by atoms with Crippen LogP contribution in [0.25, 0.3) is 11.4 Å². The number of methoxy groups -OCH3 is 2. The number of halogens is 2. The summed E-state index contributed by atoms with van der Waals surface area (Å²) in [6.45, 7) is 2.81. The van der Waals surface area contributed by atoms with E-state index in [-0.39, 0.29) is 11.8 Å². The lowest BCUT2D eigenvalue weighted by atomic mass is 9.96. The van der Waals surface area contributed by atoms with Crippen molar-refractivity contribution >= 4 is 40.9 Å². The smallest absolute Gasteiger partial charge is 0.241 e. The zero-order valence-electron chi connectivity index (χ0n) is 20.8. The van der Waals surface area contributed by atoms with Gasteiger partial charge in [-0.05, 0) is 61.8 Å². The minimum absolute atomic E-state index is 0.0290. The summed E-state index contributed by atoms with van der Waals surface area (Å²) in [7, 11) is 3.18. The average Bonchev–Trinajstić information content (AvgIpc) is 3.38. The molecular weight excluding hydrogens is 535 g/mol.